The second-order valence-electron chi connectivity index (χ2n) is 5.11. The van der Waals surface area contributed by atoms with E-state index in [-0.39, 0.29) is 18.2 Å². The van der Waals surface area contributed by atoms with Crippen molar-refractivity contribution in [3.05, 3.63) is 41.2 Å². The van der Waals surface area contributed by atoms with E-state index in [0.29, 0.717) is 5.75 Å². The van der Waals surface area contributed by atoms with Crippen molar-refractivity contribution in [2.24, 2.45) is 0 Å². The number of aromatic nitrogens is 2. The lowest BCUT2D eigenvalue weighted by atomic mass is 10.2. The van der Waals surface area contributed by atoms with E-state index in [0.717, 1.165) is 37.3 Å². The van der Waals surface area contributed by atoms with Gasteiger partial charge < -0.3 is 15.2 Å². The van der Waals surface area contributed by atoms with Gasteiger partial charge in [0.1, 0.15) is 0 Å². The molecular formula is C16H24ClN3O2. The summed E-state index contributed by atoms with van der Waals surface area (Å²) in [5.74, 6) is 0.666. The van der Waals surface area contributed by atoms with Crippen LogP contribution in [0.1, 0.15) is 30.2 Å². The summed E-state index contributed by atoms with van der Waals surface area (Å²) in [7, 11) is 1.55. The largest absolute Gasteiger partial charge is 0.504 e. The van der Waals surface area contributed by atoms with Gasteiger partial charge in [-0.2, -0.15) is 5.10 Å². The zero-order valence-corrected chi connectivity index (χ0v) is 14.1. The van der Waals surface area contributed by atoms with Gasteiger partial charge >= 0.3 is 0 Å². The highest BCUT2D eigenvalue weighted by molar-refractivity contribution is 5.85. The van der Waals surface area contributed by atoms with E-state index in [2.05, 4.69) is 23.5 Å². The number of phenols is 1. The van der Waals surface area contributed by atoms with Gasteiger partial charge in [-0.3, -0.25) is 4.68 Å². The van der Waals surface area contributed by atoms with Gasteiger partial charge in [-0.15, -0.1) is 12.4 Å². The number of halogens is 1. The Morgan fingerprint density at radius 3 is 2.77 bits per heavy atom. The quantitative estimate of drug-likeness (QED) is 0.821. The first-order valence-corrected chi connectivity index (χ1v) is 7.23. The van der Waals surface area contributed by atoms with Crippen molar-refractivity contribution < 1.29 is 9.84 Å². The lowest BCUT2D eigenvalue weighted by Crippen LogP contribution is -2.13. The number of nitrogens with one attached hydrogen (secondary N) is 1. The number of benzene rings is 1. The summed E-state index contributed by atoms with van der Waals surface area (Å²) in [6, 6.07) is 5.38. The molecule has 0 aliphatic rings. The first-order valence-electron chi connectivity index (χ1n) is 7.23. The summed E-state index contributed by atoms with van der Waals surface area (Å²) in [4.78, 5) is 0. The topological polar surface area (TPSA) is 59.3 Å². The van der Waals surface area contributed by atoms with Crippen LogP contribution < -0.4 is 10.1 Å². The fourth-order valence-corrected chi connectivity index (χ4v) is 2.25. The lowest BCUT2D eigenvalue weighted by molar-refractivity contribution is 0.373. The molecule has 1 aromatic heterocycles. The van der Waals surface area contributed by atoms with Crippen LogP contribution in [0.4, 0.5) is 0 Å². The van der Waals surface area contributed by atoms with Crippen molar-refractivity contribution in [2.45, 2.75) is 39.9 Å². The van der Waals surface area contributed by atoms with Gasteiger partial charge in [0.25, 0.3) is 0 Å². The molecule has 0 aliphatic carbocycles. The molecule has 0 atom stereocenters. The number of methoxy groups -OCH3 is 1. The third-order valence-corrected chi connectivity index (χ3v) is 3.39. The Morgan fingerprint density at radius 2 is 2.09 bits per heavy atom. The molecule has 2 N–H and O–H groups in total. The van der Waals surface area contributed by atoms with Crippen molar-refractivity contribution in [3.8, 4) is 11.5 Å². The number of ether oxygens (including phenoxy) is 1. The molecule has 0 fully saturated rings. The normalized spacial score (nSPS) is 10.3. The summed E-state index contributed by atoms with van der Waals surface area (Å²) in [6.07, 6.45) is 3.19. The maximum Gasteiger partial charge on any atom is 0.160 e. The predicted octanol–water partition coefficient (Wildman–Crippen LogP) is 3.03. The molecule has 0 aliphatic heterocycles. The molecule has 2 aromatic rings. The number of phenolic OH excluding ortho intramolecular Hbond substituents is 1. The second kappa shape index (κ2) is 8.66. The van der Waals surface area contributed by atoms with Crippen LogP contribution in [0.15, 0.2) is 24.4 Å². The fourth-order valence-electron chi connectivity index (χ4n) is 2.25. The molecular weight excluding hydrogens is 302 g/mol. The molecule has 1 aromatic carbocycles. The maximum atomic E-state index is 9.57. The highest BCUT2D eigenvalue weighted by atomic mass is 35.5. The van der Waals surface area contributed by atoms with E-state index < -0.39 is 0 Å². The fraction of sp³-hybridized carbons (Fsp3) is 0.438. The van der Waals surface area contributed by atoms with Crippen molar-refractivity contribution in [1.82, 2.24) is 15.1 Å². The zero-order chi connectivity index (χ0) is 15.2. The lowest BCUT2D eigenvalue weighted by Gasteiger charge is -2.07. The van der Waals surface area contributed by atoms with Crippen molar-refractivity contribution in [1.29, 1.82) is 0 Å². The minimum absolute atomic E-state index is 0. The number of rotatable bonds is 7. The Balaban J connectivity index is 0.00000242. The Kier molecular flexibility index (Phi) is 7.21. The molecule has 0 saturated carbocycles. The van der Waals surface area contributed by atoms with Gasteiger partial charge in [0.05, 0.1) is 12.8 Å². The monoisotopic (exact) mass is 325 g/mol. The molecule has 2 rings (SSSR count). The van der Waals surface area contributed by atoms with Gasteiger partial charge in [-0.1, -0.05) is 13.0 Å². The number of aryl methyl sites for hydroxylation is 2. The molecule has 0 amide bonds. The van der Waals surface area contributed by atoms with Crippen LogP contribution in [-0.2, 0) is 19.6 Å². The van der Waals surface area contributed by atoms with Crippen molar-refractivity contribution >= 4 is 12.4 Å². The molecule has 6 heteroatoms. The van der Waals surface area contributed by atoms with E-state index in [4.69, 9.17) is 4.74 Å². The first-order chi connectivity index (χ1) is 10.1. The van der Waals surface area contributed by atoms with Crippen molar-refractivity contribution in [2.75, 3.05) is 7.11 Å². The molecule has 0 radical (unpaired) electrons. The summed E-state index contributed by atoms with van der Waals surface area (Å²) < 4.78 is 7.10. The highest BCUT2D eigenvalue weighted by Gasteiger charge is 2.05. The second-order valence-corrected chi connectivity index (χ2v) is 5.11. The standard InChI is InChI=1S/C16H23N3O2.ClH/c1-4-7-19-11-14(12(2)18-19)10-17-9-13-5-6-15(20)16(8-13)21-3;/h5-6,8,11,17,20H,4,7,9-10H2,1-3H3;1H. The predicted molar refractivity (Wildman–Crippen MR) is 89.7 cm³/mol. The summed E-state index contributed by atoms with van der Waals surface area (Å²) in [5, 5.41) is 17.5. The number of aromatic hydroxyl groups is 1. The van der Waals surface area contributed by atoms with E-state index in [9.17, 15) is 5.11 Å². The Labute approximate surface area is 137 Å². The summed E-state index contributed by atoms with van der Waals surface area (Å²) in [5.41, 5.74) is 3.36. The smallest absolute Gasteiger partial charge is 0.160 e. The zero-order valence-electron chi connectivity index (χ0n) is 13.3. The summed E-state index contributed by atoms with van der Waals surface area (Å²) >= 11 is 0. The van der Waals surface area contributed by atoms with E-state index in [1.807, 2.05) is 23.7 Å². The Morgan fingerprint density at radius 1 is 1.32 bits per heavy atom. The Bertz CT molecular complexity index is 599. The van der Waals surface area contributed by atoms with E-state index in [1.54, 1.807) is 13.2 Å². The molecule has 0 saturated heterocycles. The van der Waals surface area contributed by atoms with Crippen LogP contribution in [-0.4, -0.2) is 22.0 Å². The van der Waals surface area contributed by atoms with Gasteiger partial charge in [-0.05, 0) is 31.0 Å². The van der Waals surface area contributed by atoms with Crippen LogP contribution in [0.5, 0.6) is 11.5 Å². The van der Waals surface area contributed by atoms with Gasteiger partial charge in [-0.25, -0.2) is 0 Å². The van der Waals surface area contributed by atoms with Crippen LogP contribution in [0, 0.1) is 6.92 Å². The first kappa shape index (κ1) is 18.3. The van der Waals surface area contributed by atoms with Crippen molar-refractivity contribution in [3.63, 3.8) is 0 Å². The number of hydrogen-bond acceptors (Lipinski definition) is 4. The average Bonchev–Trinajstić information content (AvgIpc) is 2.81. The van der Waals surface area contributed by atoms with Gasteiger partial charge in [0, 0.05) is 31.4 Å². The van der Waals surface area contributed by atoms with Crippen LogP contribution in [0.3, 0.4) is 0 Å². The molecule has 0 spiro atoms. The molecule has 0 bridgehead atoms. The molecule has 5 nitrogen and oxygen atoms in total. The van der Waals surface area contributed by atoms with Gasteiger partial charge in [0.2, 0.25) is 0 Å². The number of hydrogen-bond donors (Lipinski definition) is 2. The van der Waals surface area contributed by atoms with E-state index in [1.165, 1.54) is 5.56 Å². The third-order valence-electron chi connectivity index (χ3n) is 3.39. The minimum atomic E-state index is 0. The van der Waals surface area contributed by atoms with Crippen LogP contribution >= 0.6 is 12.4 Å². The molecule has 122 valence electrons. The SMILES string of the molecule is CCCn1cc(CNCc2ccc(O)c(OC)c2)c(C)n1.Cl. The Hall–Kier alpha value is -1.72. The van der Waals surface area contributed by atoms with Crippen LogP contribution in [0.2, 0.25) is 0 Å². The number of nitrogens with zero attached hydrogens (tertiary/aromatic N) is 2. The summed E-state index contributed by atoms with van der Waals surface area (Å²) in [6.45, 7) is 6.63. The molecule has 1 heterocycles. The highest BCUT2D eigenvalue weighted by Crippen LogP contribution is 2.26. The minimum Gasteiger partial charge on any atom is -0.504 e. The third kappa shape index (κ3) is 4.64. The van der Waals surface area contributed by atoms with Gasteiger partial charge in [0.15, 0.2) is 11.5 Å². The van der Waals surface area contributed by atoms with E-state index >= 15 is 0 Å². The average molecular weight is 326 g/mol. The maximum absolute atomic E-state index is 9.57. The molecule has 0 unspecified atom stereocenters. The molecule has 22 heavy (non-hydrogen) atoms. The van der Waals surface area contributed by atoms with Crippen LogP contribution in [0.25, 0.3) is 0 Å².